The third-order valence-corrected chi connectivity index (χ3v) is 4.65. The highest BCUT2D eigenvalue weighted by Crippen LogP contribution is 2.23. The molecule has 1 amide bonds. The molecule has 3 aromatic carbocycles. The van der Waals surface area contributed by atoms with Gasteiger partial charge in [0.1, 0.15) is 29.6 Å². The van der Waals surface area contributed by atoms with E-state index in [2.05, 4.69) is 10.5 Å². The van der Waals surface area contributed by atoms with E-state index in [1.807, 2.05) is 37.3 Å². The first-order chi connectivity index (χ1) is 16.1. The van der Waals surface area contributed by atoms with Gasteiger partial charge in [-0.05, 0) is 61.9 Å². The van der Waals surface area contributed by atoms with Crippen LogP contribution in [0.5, 0.6) is 23.0 Å². The Bertz CT molecular complexity index is 1050. The molecule has 172 valence electrons. The fourth-order valence-electron chi connectivity index (χ4n) is 2.91. The second kappa shape index (κ2) is 12.1. The largest absolute Gasteiger partial charge is 0.497 e. The predicted molar refractivity (Wildman–Crippen MR) is 127 cm³/mol. The van der Waals surface area contributed by atoms with Crippen LogP contribution in [0.4, 0.5) is 0 Å². The lowest BCUT2D eigenvalue weighted by Gasteiger charge is -2.14. The fraction of sp³-hybridized carbons (Fsp3) is 0.231. The van der Waals surface area contributed by atoms with Gasteiger partial charge in [0, 0.05) is 5.56 Å². The maximum absolute atomic E-state index is 12.4. The van der Waals surface area contributed by atoms with Gasteiger partial charge < -0.3 is 18.9 Å². The van der Waals surface area contributed by atoms with Crippen LogP contribution in [0, 0.1) is 0 Å². The van der Waals surface area contributed by atoms with Crippen molar-refractivity contribution < 1.29 is 23.7 Å². The zero-order chi connectivity index (χ0) is 23.5. The van der Waals surface area contributed by atoms with Crippen molar-refractivity contribution in [2.75, 3.05) is 13.7 Å². The predicted octanol–water partition coefficient (Wildman–Crippen LogP) is 4.59. The van der Waals surface area contributed by atoms with Crippen LogP contribution in [0.2, 0.25) is 0 Å². The molecule has 0 aliphatic rings. The van der Waals surface area contributed by atoms with E-state index in [-0.39, 0.29) is 5.91 Å². The van der Waals surface area contributed by atoms with Crippen LogP contribution in [0.25, 0.3) is 0 Å². The molecule has 0 bridgehead atoms. The van der Waals surface area contributed by atoms with Crippen molar-refractivity contribution in [2.45, 2.75) is 26.6 Å². The van der Waals surface area contributed by atoms with Crippen molar-refractivity contribution in [1.29, 1.82) is 0 Å². The Labute approximate surface area is 193 Å². The van der Waals surface area contributed by atoms with Crippen LogP contribution in [-0.2, 0) is 11.4 Å². The maximum Gasteiger partial charge on any atom is 0.280 e. The van der Waals surface area contributed by atoms with Crippen LogP contribution in [0.1, 0.15) is 25.0 Å². The third-order valence-electron chi connectivity index (χ3n) is 4.65. The Balaban J connectivity index is 1.51. The first-order valence-electron chi connectivity index (χ1n) is 10.7. The number of hydrogen-bond donors (Lipinski definition) is 1. The summed E-state index contributed by atoms with van der Waals surface area (Å²) in [5, 5.41) is 4.03. The lowest BCUT2D eigenvalue weighted by atomic mass is 10.2. The average molecular weight is 449 g/mol. The van der Waals surface area contributed by atoms with E-state index in [0.29, 0.717) is 36.0 Å². The van der Waals surface area contributed by atoms with Gasteiger partial charge in [0.2, 0.25) is 0 Å². The van der Waals surface area contributed by atoms with Crippen LogP contribution >= 0.6 is 0 Å². The normalized spacial score (nSPS) is 11.6. The smallest absolute Gasteiger partial charge is 0.280 e. The molecule has 7 heteroatoms. The molecule has 7 nitrogen and oxygen atoms in total. The molecule has 0 aliphatic heterocycles. The molecule has 0 spiro atoms. The second-order valence-electron chi connectivity index (χ2n) is 7.08. The van der Waals surface area contributed by atoms with E-state index in [1.54, 1.807) is 56.5 Å². The van der Waals surface area contributed by atoms with Crippen molar-refractivity contribution >= 4 is 12.1 Å². The molecule has 0 radical (unpaired) electrons. The van der Waals surface area contributed by atoms with Crippen molar-refractivity contribution in [3.8, 4) is 23.0 Å². The number of methoxy groups -OCH3 is 1. The van der Waals surface area contributed by atoms with Gasteiger partial charge in [-0.1, -0.05) is 30.3 Å². The molecule has 1 N–H and O–H groups in total. The van der Waals surface area contributed by atoms with E-state index in [4.69, 9.17) is 18.9 Å². The summed E-state index contributed by atoms with van der Waals surface area (Å²) in [6, 6.07) is 22.4. The van der Waals surface area contributed by atoms with Gasteiger partial charge in [-0.2, -0.15) is 5.10 Å². The quantitative estimate of drug-likeness (QED) is 0.343. The fourth-order valence-corrected chi connectivity index (χ4v) is 2.91. The highest BCUT2D eigenvalue weighted by molar-refractivity contribution is 5.86. The second-order valence-corrected chi connectivity index (χ2v) is 7.08. The van der Waals surface area contributed by atoms with Gasteiger partial charge in [0.25, 0.3) is 5.91 Å². The Morgan fingerprint density at radius 2 is 1.67 bits per heavy atom. The van der Waals surface area contributed by atoms with Gasteiger partial charge >= 0.3 is 0 Å². The first-order valence-corrected chi connectivity index (χ1v) is 10.7. The molecule has 1 unspecified atom stereocenters. The molecule has 3 rings (SSSR count). The van der Waals surface area contributed by atoms with Crippen LogP contribution in [0.15, 0.2) is 77.9 Å². The lowest BCUT2D eigenvalue weighted by molar-refractivity contribution is -0.127. The van der Waals surface area contributed by atoms with Gasteiger partial charge in [0.15, 0.2) is 6.10 Å². The summed E-state index contributed by atoms with van der Waals surface area (Å²) in [6.07, 6.45) is 0.770. The van der Waals surface area contributed by atoms with Crippen molar-refractivity contribution in [3.63, 3.8) is 0 Å². The highest BCUT2D eigenvalue weighted by Gasteiger charge is 2.14. The van der Waals surface area contributed by atoms with Crippen molar-refractivity contribution in [1.82, 2.24) is 5.43 Å². The number of amides is 1. The number of hydrogen-bond acceptors (Lipinski definition) is 6. The number of nitrogens with one attached hydrogen (secondary N) is 1. The molecule has 0 saturated carbocycles. The minimum absolute atomic E-state index is 0.378. The van der Waals surface area contributed by atoms with Crippen LogP contribution in [0.3, 0.4) is 0 Å². The van der Waals surface area contributed by atoms with Crippen molar-refractivity contribution in [2.24, 2.45) is 5.10 Å². The van der Waals surface area contributed by atoms with E-state index in [1.165, 1.54) is 6.21 Å². The topological polar surface area (TPSA) is 78.4 Å². The Morgan fingerprint density at radius 3 is 2.36 bits per heavy atom. The molecule has 0 aliphatic carbocycles. The van der Waals surface area contributed by atoms with Crippen LogP contribution in [-0.4, -0.2) is 31.9 Å². The Hall–Kier alpha value is -4.00. The molecular weight excluding hydrogens is 420 g/mol. The van der Waals surface area contributed by atoms with Crippen molar-refractivity contribution in [3.05, 3.63) is 83.9 Å². The molecule has 3 aromatic rings. The molecule has 0 aromatic heterocycles. The standard InChI is InChI=1S/C26H28N2O5/c1-4-31-25-15-14-24(30-3)16-21(25)17-27-28-26(29)19(2)33-23-12-10-22(11-13-23)32-18-20-8-6-5-7-9-20/h5-17,19H,4,18H2,1-3H3,(H,28,29). The number of rotatable bonds is 11. The summed E-state index contributed by atoms with van der Waals surface area (Å²) in [7, 11) is 1.58. The minimum Gasteiger partial charge on any atom is -0.497 e. The first kappa shape index (κ1) is 23.7. The average Bonchev–Trinajstić information content (AvgIpc) is 2.85. The molecular formula is C26H28N2O5. The summed E-state index contributed by atoms with van der Waals surface area (Å²) in [5.41, 5.74) is 4.27. The van der Waals surface area contributed by atoms with Gasteiger partial charge in [0.05, 0.1) is 19.9 Å². The van der Waals surface area contributed by atoms with Gasteiger partial charge in [-0.15, -0.1) is 0 Å². The zero-order valence-corrected chi connectivity index (χ0v) is 19.0. The molecule has 0 heterocycles. The molecule has 33 heavy (non-hydrogen) atoms. The zero-order valence-electron chi connectivity index (χ0n) is 19.0. The summed E-state index contributed by atoms with van der Waals surface area (Å²) in [6.45, 7) is 4.55. The summed E-state index contributed by atoms with van der Waals surface area (Å²) in [5.74, 6) is 2.21. The monoisotopic (exact) mass is 448 g/mol. The number of hydrazone groups is 1. The summed E-state index contributed by atoms with van der Waals surface area (Å²) in [4.78, 5) is 12.4. The highest BCUT2D eigenvalue weighted by atomic mass is 16.5. The summed E-state index contributed by atoms with van der Waals surface area (Å²) < 4.78 is 22.3. The SMILES string of the molecule is CCOc1ccc(OC)cc1C=NNC(=O)C(C)Oc1ccc(OCc2ccccc2)cc1. The van der Waals surface area contributed by atoms with E-state index in [0.717, 1.165) is 11.3 Å². The Morgan fingerprint density at radius 1 is 0.970 bits per heavy atom. The molecule has 0 saturated heterocycles. The molecule has 0 fully saturated rings. The maximum atomic E-state index is 12.4. The minimum atomic E-state index is -0.741. The van der Waals surface area contributed by atoms with Gasteiger partial charge in [-0.3, -0.25) is 4.79 Å². The lowest BCUT2D eigenvalue weighted by Crippen LogP contribution is -2.33. The third kappa shape index (κ3) is 7.28. The van der Waals surface area contributed by atoms with E-state index < -0.39 is 6.10 Å². The number of nitrogens with zero attached hydrogens (tertiary/aromatic N) is 1. The number of ether oxygens (including phenoxy) is 4. The van der Waals surface area contributed by atoms with Crippen LogP contribution < -0.4 is 24.4 Å². The van der Waals surface area contributed by atoms with E-state index in [9.17, 15) is 4.79 Å². The number of carbonyl (C=O) groups excluding carboxylic acids is 1. The molecule has 1 atom stereocenters. The van der Waals surface area contributed by atoms with Gasteiger partial charge in [-0.25, -0.2) is 5.43 Å². The Kier molecular flexibility index (Phi) is 8.71. The summed E-state index contributed by atoms with van der Waals surface area (Å²) >= 11 is 0. The number of benzene rings is 3. The number of carbonyl (C=O) groups is 1. The van der Waals surface area contributed by atoms with E-state index >= 15 is 0 Å².